The van der Waals surface area contributed by atoms with E-state index in [2.05, 4.69) is 13.5 Å². The minimum atomic E-state index is -0.593. The van der Waals surface area contributed by atoms with Crippen molar-refractivity contribution in [2.75, 3.05) is 41.5 Å². The Hall–Kier alpha value is -3.94. The van der Waals surface area contributed by atoms with Gasteiger partial charge in [-0.1, -0.05) is 25.5 Å². The van der Waals surface area contributed by atoms with Crippen LogP contribution in [0.15, 0.2) is 49.2 Å². The van der Waals surface area contributed by atoms with Crippen molar-refractivity contribution in [3.05, 3.63) is 71.5 Å². The van der Waals surface area contributed by atoms with E-state index in [1.165, 1.54) is 13.2 Å². The molecular weight excluding hydrogens is 510 g/mol. The van der Waals surface area contributed by atoms with E-state index < -0.39 is 6.10 Å². The quantitative estimate of drug-likeness (QED) is 0.0964. The molecule has 8 nitrogen and oxygen atoms in total. The van der Waals surface area contributed by atoms with E-state index in [9.17, 15) is 9.59 Å². The molecular formula is C32H41NO7. The first kappa shape index (κ1) is 30.6. The highest BCUT2D eigenvalue weighted by molar-refractivity contribution is 6.07. The van der Waals surface area contributed by atoms with Gasteiger partial charge in [-0.15, -0.1) is 6.58 Å². The zero-order valence-corrected chi connectivity index (χ0v) is 24.3. The third-order valence-electron chi connectivity index (χ3n) is 6.56. The third-order valence-corrected chi connectivity index (χ3v) is 6.56. The van der Waals surface area contributed by atoms with Gasteiger partial charge in [-0.05, 0) is 49.4 Å². The highest BCUT2D eigenvalue weighted by Crippen LogP contribution is 2.38. The highest BCUT2D eigenvalue weighted by Gasteiger charge is 2.29. The van der Waals surface area contributed by atoms with Crippen LogP contribution in [0.3, 0.4) is 0 Å². The topological polar surface area (TPSA) is 83.5 Å². The first-order chi connectivity index (χ1) is 19.3. The fraction of sp³-hybridized carbons (Fsp3) is 0.438. The molecule has 8 heteroatoms. The number of nitrogens with zero attached hydrogens (tertiary/aromatic N) is 1. The second kappa shape index (κ2) is 15.0. The minimum absolute atomic E-state index is 0.148. The van der Waals surface area contributed by atoms with E-state index in [0.717, 1.165) is 47.5 Å². The summed E-state index contributed by atoms with van der Waals surface area (Å²) in [5.41, 5.74) is 3.32. The van der Waals surface area contributed by atoms with Gasteiger partial charge in [0.25, 0.3) is 0 Å². The van der Waals surface area contributed by atoms with E-state index in [1.54, 1.807) is 36.4 Å². The Morgan fingerprint density at radius 2 is 1.77 bits per heavy atom. The number of esters is 1. The van der Waals surface area contributed by atoms with Crippen molar-refractivity contribution in [1.82, 2.24) is 4.90 Å². The number of carbonyl (C=O) groups is 2. The number of benzene rings is 2. The molecule has 216 valence electrons. The molecule has 0 fully saturated rings. The van der Waals surface area contributed by atoms with Gasteiger partial charge in [0, 0.05) is 43.9 Å². The molecule has 1 aliphatic rings. The average Bonchev–Trinajstić information content (AvgIpc) is 2.96. The summed E-state index contributed by atoms with van der Waals surface area (Å²) in [4.78, 5) is 26.6. The van der Waals surface area contributed by atoms with Crippen molar-refractivity contribution in [3.63, 3.8) is 0 Å². The summed E-state index contributed by atoms with van der Waals surface area (Å²) in [5, 5.41) is 0. The number of carbonyl (C=O) groups excluding carboxylic acids is 2. The monoisotopic (exact) mass is 551 g/mol. The maximum absolute atomic E-state index is 12.8. The molecule has 1 unspecified atom stereocenters. The van der Waals surface area contributed by atoms with E-state index in [0.29, 0.717) is 49.5 Å². The largest absolute Gasteiger partial charge is 0.496 e. The third kappa shape index (κ3) is 7.58. The standard InChI is InChI=1S/C32H41NO7/c1-7-10-24-27(15-12-22-13-16-29(32(35)37-6)40-30(22)24)38-20-9-21-39-28-17-14-23(26(34)18-19-33(3)4)31(36-5)25(28)11-8-2/h8,12,14-15,17-19,29H,2,7,9-11,13,16,20-21H2,1,3-6H3. The summed E-state index contributed by atoms with van der Waals surface area (Å²) in [6.45, 7) is 6.80. The number of allylic oxidation sites excluding steroid dienone is 2. The number of hydrogen-bond acceptors (Lipinski definition) is 8. The van der Waals surface area contributed by atoms with E-state index in [1.807, 2.05) is 26.2 Å². The molecule has 0 amide bonds. The lowest BCUT2D eigenvalue weighted by Crippen LogP contribution is -2.32. The van der Waals surface area contributed by atoms with Gasteiger partial charge in [-0.2, -0.15) is 0 Å². The second-order valence-corrected chi connectivity index (χ2v) is 9.76. The van der Waals surface area contributed by atoms with Crippen molar-refractivity contribution in [3.8, 4) is 23.0 Å². The molecule has 3 rings (SSSR count). The maximum Gasteiger partial charge on any atom is 0.347 e. The lowest BCUT2D eigenvalue weighted by Gasteiger charge is -2.27. The SMILES string of the molecule is C=CCc1c(OCCCOc2ccc3c(c2CCC)OC(C(=O)OC)CC3)ccc(C(=O)C=CN(C)C)c1OC. The van der Waals surface area contributed by atoms with E-state index >= 15 is 0 Å². The molecule has 0 spiro atoms. The van der Waals surface area contributed by atoms with Crippen LogP contribution in [-0.2, 0) is 28.8 Å². The van der Waals surface area contributed by atoms with Crippen molar-refractivity contribution in [2.45, 2.75) is 51.6 Å². The van der Waals surface area contributed by atoms with Gasteiger partial charge >= 0.3 is 5.97 Å². The predicted molar refractivity (Wildman–Crippen MR) is 155 cm³/mol. The van der Waals surface area contributed by atoms with Gasteiger partial charge < -0.3 is 28.6 Å². The Bertz CT molecular complexity index is 1220. The van der Waals surface area contributed by atoms with Crippen molar-refractivity contribution in [1.29, 1.82) is 0 Å². The summed E-state index contributed by atoms with van der Waals surface area (Å²) in [6, 6.07) is 7.53. The van der Waals surface area contributed by atoms with Gasteiger partial charge in [-0.3, -0.25) is 4.79 Å². The number of fused-ring (bicyclic) bond motifs is 1. The molecule has 0 N–H and O–H groups in total. The Morgan fingerprint density at radius 3 is 2.40 bits per heavy atom. The van der Waals surface area contributed by atoms with Crippen LogP contribution in [-0.4, -0.2) is 64.3 Å². The van der Waals surface area contributed by atoms with Crippen LogP contribution in [0.25, 0.3) is 0 Å². The molecule has 40 heavy (non-hydrogen) atoms. The van der Waals surface area contributed by atoms with Crippen LogP contribution in [0.5, 0.6) is 23.0 Å². The Kier molecular flexibility index (Phi) is 11.5. The van der Waals surface area contributed by atoms with Crippen LogP contribution in [0, 0.1) is 0 Å². The van der Waals surface area contributed by atoms with Gasteiger partial charge in [-0.25, -0.2) is 4.79 Å². The number of methoxy groups -OCH3 is 2. The summed E-state index contributed by atoms with van der Waals surface area (Å²) in [5.74, 6) is 2.14. The molecule has 0 saturated heterocycles. The van der Waals surface area contributed by atoms with Crippen LogP contribution in [0.4, 0.5) is 0 Å². The zero-order chi connectivity index (χ0) is 29.1. The first-order valence-corrected chi connectivity index (χ1v) is 13.7. The molecule has 2 aromatic rings. The Labute approximate surface area is 237 Å². The molecule has 1 heterocycles. The molecule has 0 aliphatic carbocycles. The number of aryl methyl sites for hydroxylation is 1. The van der Waals surface area contributed by atoms with Crippen molar-refractivity contribution < 1.29 is 33.3 Å². The molecule has 1 atom stereocenters. The highest BCUT2D eigenvalue weighted by atomic mass is 16.6. The summed E-state index contributed by atoms with van der Waals surface area (Å²) in [6.07, 6.45) is 8.57. The van der Waals surface area contributed by atoms with Crippen molar-refractivity contribution >= 4 is 11.8 Å². The number of ether oxygens (including phenoxy) is 5. The van der Waals surface area contributed by atoms with Gasteiger partial charge in [0.1, 0.15) is 23.0 Å². The molecule has 0 aromatic heterocycles. The van der Waals surface area contributed by atoms with Crippen LogP contribution >= 0.6 is 0 Å². The fourth-order valence-corrected chi connectivity index (χ4v) is 4.65. The molecule has 0 saturated carbocycles. The van der Waals surface area contributed by atoms with Crippen LogP contribution in [0.2, 0.25) is 0 Å². The van der Waals surface area contributed by atoms with E-state index in [-0.39, 0.29) is 11.8 Å². The molecule has 0 radical (unpaired) electrons. The van der Waals surface area contributed by atoms with Crippen LogP contribution < -0.4 is 18.9 Å². The fourth-order valence-electron chi connectivity index (χ4n) is 4.65. The molecule has 2 aromatic carbocycles. The normalized spacial score (nSPS) is 14.2. The zero-order valence-electron chi connectivity index (χ0n) is 24.3. The Balaban J connectivity index is 1.67. The van der Waals surface area contributed by atoms with Crippen molar-refractivity contribution in [2.24, 2.45) is 0 Å². The number of rotatable bonds is 15. The molecule has 1 aliphatic heterocycles. The lowest BCUT2D eigenvalue weighted by molar-refractivity contribution is -0.149. The maximum atomic E-state index is 12.8. The second-order valence-electron chi connectivity index (χ2n) is 9.76. The smallest absolute Gasteiger partial charge is 0.347 e. The van der Waals surface area contributed by atoms with E-state index in [4.69, 9.17) is 23.7 Å². The average molecular weight is 552 g/mol. The van der Waals surface area contributed by atoms with Gasteiger partial charge in [0.15, 0.2) is 11.9 Å². The Morgan fingerprint density at radius 1 is 1.07 bits per heavy atom. The summed E-state index contributed by atoms with van der Waals surface area (Å²) in [7, 11) is 6.64. The predicted octanol–water partition coefficient (Wildman–Crippen LogP) is 5.35. The number of ketones is 1. The summed E-state index contributed by atoms with van der Waals surface area (Å²) < 4.78 is 28.9. The first-order valence-electron chi connectivity index (χ1n) is 13.7. The summed E-state index contributed by atoms with van der Waals surface area (Å²) >= 11 is 0. The lowest BCUT2D eigenvalue weighted by atomic mass is 9.96. The number of hydrogen-bond donors (Lipinski definition) is 0. The molecule has 0 bridgehead atoms. The van der Waals surface area contributed by atoms with Gasteiger partial charge in [0.2, 0.25) is 0 Å². The minimum Gasteiger partial charge on any atom is -0.496 e. The van der Waals surface area contributed by atoms with Gasteiger partial charge in [0.05, 0.1) is 33.0 Å². The van der Waals surface area contributed by atoms with Crippen LogP contribution in [0.1, 0.15) is 53.2 Å².